The van der Waals surface area contributed by atoms with Crippen molar-refractivity contribution in [3.05, 3.63) is 75.3 Å². The molecule has 1 aromatic heterocycles. The summed E-state index contributed by atoms with van der Waals surface area (Å²) in [7, 11) is 1.26. The van der Waals surface area contributed by atoms with E-state index in [9.17, 15) is 19.5 Å². The first-order valence-electron chi connectivity index (χ1n) is 12.6. The fraction of sp³-hybridized carbons (Fsp3) is 0.310. The monoisotopic (exact) mass is 548 g/mol. The molecule has 0 aliphatic carbocycles. The van der Waals surface area contributed by atoms with E-state index in [0.29, 0.717) is 35.6 Å². The summed E-state index contributed by atoms with van der Waals surface area (Å²) in [5.41, 5.74) is 2.15. The Morgan fingerprint density at radius 1 is 1.23 bits per heavy atom. The van der Waals surface area contributed by atoms with Crippen molar-refractivity contribution in [1.82, 2.24) is 4.98 Å². The van der Waals surface area contributed by atoms with Gasteiger partial charge in [-0.3, -0.25) is 14.5 Å². The zero-order chi connectivity index (χ0) is 27.8. The van der Waals surface area contributed by atoms with Gasteiger partial charge in [-0.25, -0.2) is 9.78 Å². The van der Waals surface area contributed by atoms with Gasteiger partial charge in [0.15, 0.2) is 5.13 Å². The number of aliphatic hydroxyl groups is 1. The molecule has 3 aromatic rings. The van der Waals surface area contributed by atoms with Gasteiger partial charge in [-0.15, -0.1) is 0 Å². The van der Waals surface area contributed by atoms with Crippen molar-refractivity contribution in [2.75, 3.05) is 18.6 Å². The largest absolute Gasteiger partial charge is 0.507 e. The molecular formula is C29H28N2O7S. The first kappa shape index (κ1) is 26.4. The molecule has 1 saturated heterocycles. The van der Waals surface area contributed by atoms with Gasteiger partial charge in [0.05, 0.1) is 31.0 Å². The number of methoxy groups -OCH3 is 1. The Bertz CT molecular complexity index is 1510. The van der Waals surface area contributed by atoms with Gasteiger partial charge in [0.1, 0.15) is 28.2 Å². The maximum absolute atomic E-state index is 13.5. The molecule has 1 amide bonds. The first-order chi connectivity index (χ1) is 18.7. The number of aliphatic hydroxyl groups excluding tert-OH is 1. The Morgan fingerprint density at radius 3 is 2.77 bits per heavy atom. The number of ether oxygens (including phenoxy) is 3. The van der Waals surface area contributed by atoms with Crippen molar-refractivity contribution < 1.29 is 33.7 Å². The number of carbonyl (C=O) groups is 3. The number of anilines is 1. The van der Waals surface area contributed by atoms with Crippen molar-refractivity contribution in [3.8, 4) is 11.5 Å². The minimum absolute atomic E-state index is 0.00554. The van der Waals surface area contributed by atoms with Gasteiger partial charge >= 0.3 is 11.9 Å². The second-order valence-corrected chi connectivity index (χ2v) is 10.4. The maximum atomic E-state index is 13.5. The number of ketones is 1. The highest BCUT2D eigenvalue weighted by Gasteiger charge is 2.48. The third-order valence-electron chi connectivity index (χ3n) is 6.62. The van der Waals surface area contributed by atoms with Crippen LogP contribution in [0.5, 0.6) is 11.5 Å². The molecule has 0 saturated carbocycles. The minimum Gasteiger partial charge on any atom is -0.507 e. The van der Waals surface area contributed by atoms with Gasteiger partial charge in [-0.2, -0.15) is 0 Å². The standard InChI is InChI=1S/C29H28N2O7S/c1-5-11-37-20-8-6-7-17(14-20)23-22(24(32)18-9-10-21-19(13-18)12-15(2)38-21)25(33)27(34)31(23)29-30-16(3)26(39-29)28(35)36-4/h6-10,13-15,23,32H,5,11-12H2,1-4H3/t15-,23+/m1/s1. The van der Waals surface area contributed by atoms with E-state index < -0.39 is 23.7 Å². The van der Waals surface area contributed by atoms with Crippen molar-refractivity contribution in [1.29, 1.82) is 0 Å². The van der Waals surface area contributed by atoms with Crippen LogP contribution < -0.4 is 14.4 Å². The van der Waals surface area contributed by atoms with Crippen molar-refractivity contribution in [3.63, 3.8) is 0 Å². The Kier molecular flexibility index (Phi) is 7.14. The summed E-state index contributed by atoms with van der Waals surface area (Å²) in [4.78, 5) is 45.2. The van der Waals surface area contributed by atoms with E-state index in [1.165, 1.54) is 12.0 Å². The van der Waals surface area contributed by atoms with Crippen LogP contribution in [-0.2, 0) is 20.7 Å². The number of Topliss-reactive ketones (excluding diaryl/α,β-unsaturated/α-hetero) is 1. The molecule has 1 fully saturated rings. The molecule has 0 radical (unpaired) electrons. The van der Waals surface area contributed by atoms with Crippen LogP contribution in [0.3, 0.4) is 0 Å². The van der Waals surface area contributed by atoms with Crippen LogP contribution >= 0.6 is 11.3 Å². The molecule has 39 heavy (non-hydrogen) atoms. The van der Waals surface area contributed by atoms with E-state index in [1.807, 2.05) is 13.8 Å². The smallest absolute Gasteiger partial charge is 0.350 e. The van der Waals surface area contributed by atoms with Crippen LogP contribution in [0.1, 0.15) is 58.4 Å². The van der Waals surface area contributed by atoms with Crippen molar-refractivity contribution in [2.24, 2.45) is 0 Å². The molecule has 0 unspecified atom stereocenters. The van der Waals surface area contributed by atoms with E-state index in [4.69, 9.17) is 14.2 Å². The third kappa shape index (κ3) is 4.76. The molecule has 5 rings (SSSR count). The highest BCUT2D eigenvalue weighted by Crippen LogP contribution is 2.45. The number of benzene rings is 2. The summed E-state index contributed by atoms with van der Waals surface area (Å²) in [6, 6.07) is 11.3. The summed E-state index contributed by atoms with van der Waals surface area (Å²) in [5, 5.41) is 11.7. The summed E-state index contributed by atoms with van der Waals surface area (Å²) in [5.74, 6) is -1.31. The number of thiazole rings is 1. The predicted octanol–water partition coefficient (Wildman–Crippen LogP) is 4.98. The molecule has 10 heteroatoms. The van der Waals surface area contributed by atoms with Gasteiger partial charge < -0.3 is 19.3 Å². The summed E-state index contributed by atoms with van der Waals surface area (Å²) in [6.07, 6.45) is 1.48. The van der Waals surface area contributed by atoms with Crippen LogP contribution in [-0.4, -0.2) is 47.6 Å². The van der Waals surface area contributed by atoms with E-state index in [1.54, 1.807) is 49.4 Å². The molecule has 2 aliphatic heterocycles. The van der Waals surface area contributed by atoms with Gasteiger partial charge in [-0.05, 0) is 61.7 Å². The molecule has 2 atom stereocenters. The van der Waals surface area contributed by atoms with Gasteiger partial charge in [0.25, 0.3) is 5.78 Å². The molecule has 0 bridgehead atoms. The summed E-state index contributed by atoms with van der Waals surface area (Å²) < 4.78 is 16.4. The maximum Gasteiger partial charge on any atom is 0.350 e. The predicted molar refractivity (Wildman–Crippen MR) is 145 cm³/mol. The van der Waals surface area contributed by atoms with Crippen LogP contribution in [0.4, 0.5) is 5.13 Å². The number of aryl methyl sites for hydroxylation is 1. The Hall–Kier alpha value is -4.18. The SMILES string of the molecule is CCCOc1cccc([C@H]2C(=C(O)c3ccc4c(c3)C[C@@H](C)O4)C(=O)C(=O)N2c2nc(C)c(C(=O)OC)s2)c1. The Labute approximate surface area is 229 Å². The molecule has 3 heterocycles. The number of fused-ring (bicyclic) bond motifs is 1. The lowest BCUT2D eigenvalue weighted by atomic mass is 9.94. The van der Waals surface area contributed by atoms with Crippen molar-refractivity contribution in [2.45, 2.75) is 45.8 Å². The first-order valence-corrected chi connectivity index (χ1v) is 13.4. The fourth-order valence-electron chi connectivity index (χ4n) is 4.83. The average Bonchev–Trinajstić information content (AvgIpc) is 3.58. The minimum atomic E-state index is -1.00. The summed E-state index contributed by atoms with van der Waals surface area (Å²) >= 11 is 0.953. The van der Waals surface area contributed by atoms with Gasteiger partial charge in [0.2, 0.25) is 0 Å². The third-order valence-corrected chi connectivity index (χ3v) is 7.76. The number of amides is 1. The zero-order valence-corrected chi connectivity index (χ0v) is 22.8. The highest BCUT2D eigenvalue weighted by molar-refractivity contribution is 7.17. The lowest BCUT2D eigenvalue weighted by Gasteiger charge is -2.23. The Morgan fingerprint density at radius 2 is 2.03 bits per heavy atom. The number of nitrogens with zero attached hydrogens (tertiary/aromatic N) is 2. The molecule has 0 spiro atoms. The quantitative estimate of drug-likeness (QED) is 0.190. The van der Waals surface area contributed by atoms with E-state index in [-0.39, 0.29) is 27.4 Å². The number of rotatable bonds is 7. The van der Waals surface area contributed by atoms with Crippen LogP contribution in [0.2, 0.25) is 0 Å². The molecule has 9 nitrogen and oxygen atoms in total. The van der Waals surface area contributed by atoms with Gasteiger partial charge in [-0.1, -0.05) is 30.4 Å². The topological polar surface area (TPSA) is 115 Å². The molecular weight excluding hydrogens is 520 g/mol. The number of hydrogen-bond donors (Lipinski definition) is 1. The number of aromatic nitrogens is 1. The second-order valence-electron chi connectivity index (χ2n) is 9.45. The highest BCUT2D eigenvalue weighted by atomic mass is 32.1. The lowest BCUT2D eigenvalue weighted by Crippen LogP contribution is -2.29. The number of hydrogen-bond acceptors (Lipinski definition) is 9. The fourth-order valence-corrected chi connectivity index (χ4v) is 5.84. The number of esters is 1. The van der Waals surface area contributed by atoms with E-state index in [0.717, 1.165) is 29.1 Å². The number of carbonyl (C=O) groups excluding carboxylic acids is 3. The van der Waals surface area contributed by atoms with Crippen LogP contribution in [0.15, 0.2) is 48.0 Å². The van der Waals surface area contributed by atoms with E-state index in [2.05, 4.69) is 4.98 Å². The van der Waals surface area contributed by atoms with E-state index >= 15 is 0 Å². The lowest BCUT2D eigenvalue weighted by molar-refractivity contribution is -0.132. The zero-order valence-electron chi connectivity index (χ0n) is 22.0. The van der Waals surface area contributed by atoms with Gasteiger partial charge in [0, 0.05) is 12.0 Å². The Balaban J connectivity index is 1.67. The molecule has 202 valence electrons. The van der Waals surface area contributed by atoms with Crippen LogP contribution in [0.25, 0.3) is 5.76 Å². The molecule has 2 aromatic carbocycles. The second kappa shape index (κ2) is 10.5. The molecule has 2 aliphatic rings. The van der Waals surface area contributed by atoms with Crippen molar-refractivity contribution >= 4 is 39.9 Å². The average molecular weight is 549 g/mol. The normalized spacial score (nSPS) is 19.6. The molecule has 1 N–H and O–H groups in total. The van der Waals surface area contributed by atoms with Crippen LogP contribution in [0, 0.1) is 6.92 Å². The summed E-state index contributed by atoms with van der Waals surface area (Å²) in [6.45, 7) is 6.07.